The summed E-state index contributed by atoms with van der Waals surface area (Å²) >= 11 is 0. The molecule has 24 heavy (non-hydrogen) atoms. The number of carbonyl (C=O) groups is 1. The monoisotopic (exact) mass is 323 g/mol. The van der Waals surface area contributed by atoms with Gasteiger partial charge in [0.1, 0.15) is 0 Å². The summed E-state index contributed by atoms with van der Waals surface area (Å²) < 4.78 is 10.7. The van der Waals surface area contributed by atoms with E-state index in [9.17, 15) is 4.79 Å². The van der Waals surface area contributed by atoms with E-state index in [0.717, 1.165) is 28.3 Å². The lowest BCUT2D eigenvalue weighted by atomic mass is 10.1. The van der Waals surface area contributed by atoms with Crippen molar-refractivity contribution in [3.8, 4) is 11.5 Å². The van der Waals surface area contributed by atoms with Crippen LogP contribution in [0.15, 0.2) is 42.5 Å². The van der Waals surface area contributed by atoms with Crippen molar-refractivity contribution >= 4 is 23.7 Å². The third-order valence-corrected chi connectivity index (χ3v) is 3.65. The molecule has 2 aromatic carbocycles. The van der Waals surface area contributed by atoms with Gasteiger partial charge >= 0.3 is 0 Å². The first kappa shape index (κ1) is 16.1. The number of hydrogen-bond acceptors (Lipinski definition) is 3. The number of ether oxygens (including phenoxy) is 2. The fraction of sp³-hybridized carbons (Fsp3) is 0.250. The van der Waals surface area contributed by atoms with Crippen molar-refractivity contribution in [2.24, 2.45) is 5.92 Å². The number of anilines is 1. The molecule has 4 nitrogen and oxygen atoms in total. The molecule has 0 fully saturated rings. The van der Waals surface area contributed by atoms with E-state index in [0.29, 0.717) is 12.3 Å². The zero-order chi connectivity index (χ0) is 16.9. The van der Waals surface area contributed by atoms with Crippen molar-refractivity contribution < 1.29 is 14.3 Å². The van der Waals surface area contributed by atoms with Gasteiger partial charge in [0.15, 0.2) is 11.5 Å². The summed E-state index contributed by atoms with van der Waals surface area (Å²) in [6.07, 6.45) is 4.58. The van der Waals surface area contributed by atoms with Crippen molar-refractivity contribution in [3.63, 3.8) is 0 Å². The summed E-state index contributed by atoms with van der Waals surface area (Å²) in [5.74, 6) is 1.97. The minimum Gasteiger partial charge on any atom is -0.454 e. The van der Waals surface area contributed by atoms with E-state index in [4.69, 9.17) is 9.47 Å². The Labute approximate surface area is 142 Å². The molecule has 2 aromatic rings. The summed E-state index contributed by atoms with van der Waals surface area (Å²) in [6.45, 7) is 4.35. The average Bonchev–Trinajstić information content (AvgIpc) is 3.01. The molecular weight excluding hydrogens is 302 g/mol. The van der Waals surface area contributed by atoms with Gasteiger partial charge in [0.25, 0.3) is 0 Å². The highest BCUT2D eigenvalue weighted by molar-refractivity contribution is 5.91. The summed E-state index contributed by atoms with van der Waals surface area (Å²) in [4.78, 5) is 11.8. The van der Waals surface area contributed by atoms with Gasteiger partial charge in [-0.2, -0.15) is 0 Å². The molecule has 3 rings (SSSR count). The summed E-state index contributed by atoms with van der Waals surface area (Å²) in [5.41, 5.74) is 2.93. The highest BCUT2D eigenvalue weighted by atomic mass is 16.7. The van der Waals surface area contributed by atoms with Gasteiger partial charge in [-0.3, -0.25) is 4.79 Å². The van der Waals surface area contributed by atoms with E-state index >= 15 is 0 Å². The molecule has 1 amide bonds. The second-order valence-electron chi connectivity index (χ2n) is 6.21. The molecule has 1 aliphatic rings. The number of carbonyl (C=O) groups excluding carboxylic acids is 1. The first-order valence-electron chi connectivity index (χ1n) is 8.08. The third kappa shape index (κ3) is 4.16. The van der Waals surface area contributed by atoms with Gasteiger partial charge in [-0.05, 0) is 41.3 Å². The number of fused-ring (bicyclic) bond motifs is 1. The van der Waals surface area contributed by atoms with Crippen molar-refractivity contribution in [3.05, 3.63) is 53.6 Å². The van der Waals surface area contributed by atoms with Crippen LogP contribution < -0.4 is 14.8 Å². The van der Waals surface area contributed by atoms with Crippen LogP contribution in [-0.2, 0) is 4.79 Å². The highest BCUT2D eigenvalue weighted by Crippen LogP contribution is 2.33. The van der Waals surface area contributed by atoms with Crippen LogP contribution in [0, 0.1) is 5.92 Å². The zero-order valence-electron chi connectivity index (χ0n) is 13.9. The van der Waals surface area contributed by atoms with Crippen LogP contribution in [0.3, 0.4) is 0 Å². The Balaban J connectivity index is 1.62. The zero-order valence-corrected chi connectivity index (χ0v) is 13.9. The number of rotatable bonds is 5. The van der Waals surface area contributed by atoms with Crippen LogP contribution in [-0.4, -0.2) is 12.7 Å². The fourth-order valence-corrected chi connectivity index (χ4v) is 2.47. The Morgan fingerprint density at radius 2 is 1.71 bits per heavy atom. The van der Waals surface area contributed by atoms with Gasteiger partial charge in [-0.15, -0.1) is 0 Å². The molecule has 0 aliphatic carbocycles. The van der Waals surface area contributed by atoms with Gasteiger partial charge in [0, 0.05) is 12.1 Å². The predicted octanol–water partition coefficient (Wildman–Crippen LogP) is 4.57. The normalized spacial score (nSPS) is 12.8. The Morgan fingerprint density at radius 1 is 1.04 bits per heavy atom. The van der Waals surface area contributed by atoms with Gasteiger partial charge in [-0.25, -0.2) is 0 Å². The average molecular weight is 323 g/mol. The van der Waals surface area contributed by atoms with Crippen molar-refractivity contribution in [1.82, 2.24) is 0 Å². The molecule has 0 spiro atoms. The molecule has 0 saturated heterocycles. The van der Waals surface area contributed by atoms with Crippen molar-refractivity contribution in [2.45, 2.75) is 20.3 Å². The first-order valence-corrected chi connectivity index (χ1v) is 8.08. The molecule has 0 saturated carbocycles. The smallest absolute Gasteiger partial charge is 0.231 e. The summed E-state index contributed by atoms with van der Waals surface area (Å²) in [7, 11) is 0. The lowest BCUT2D eigenvalue weighted by Gasteiger charge is -2.07. The Kier molecular flexibility index (Phi) is 4.85. The van der Waals surface area contributed by atoms with Crippen LogP contribution in [0.1, 0.15) is 31.4 Å². The highest BCUT2D eigenvalue weighted by Gasteiger charge is 2.12. The second-order valence-corrected chi connectivity index (χ2v) is 6.21. The molecule has 124 valence electrons. The van der Waals surface area contributed by atoms with E-state index < -0.39 is 0 Å². The molecule has 1 aliphatic heterocycles. The molecule has 0 unspecified atom stereocenters. The maximum Gasteiger partial charge on any atom is 0.231 e. The molecule has 1 N–H and O–H groups in total. The molecule has 0 atom stereocenters. The molecular formula is C20H21NO3. The number of hydrogen-bond donors (Lipinski definition) is 1. The summed E-state index contributed by atoms with van der Waals surface area (Å²) in [6, 6.07) is 13.7. The topological polar surface area (TPSA) is 47.6 Å². The molecule has 1 heterocycles. The standard InChI is InChI=1S/C20H21NO3/c1-14(2)11-20(22)21-17-8-5-15(6-9-17)3-4-16-7-10-18-19(12-16)24-13-23-18/h3-10,12,14H,11,13H2,1-2H3,(H,21,22)/b4-3+. The van der Waals surface area contributed by atoms with E-state index in [1.165, 1.54) is 0 Å². The van der Waals surface area contributed by atoms with Crippen LogP contribution in [0.2, 0.25) is 0 Å². The van der Waals surface area contributed by atoms with Crippen LogP contribution in [0.4, 0.5) is 5.69 Å². The number of amides is 1. The van der Waals surface area contributed by atoms with Gasteiger partial charge in [-0.1, -0.05) is 44.2 Å². The number of nitrogens with one attached hydrogen (secondary N) is 1. The first-order chi connectivity index (χ1) is 11.6. The number of benzene rings is 2. The van der Waals surface area contributed by atoms with E-state index in [2.05, 4.69) is 5.32 Å². The molecule has 4 heteroatoms. The van der Waals surface area contributed by atoms with Gasteiger partial charge in [0.2, 0.25) is 12.7 Å². The molecule has 0 radical (unpaired) electrons. The van der Waals surface area contributed by atoms with E-state index in [1.54, 1.807) is 0 Å². The summed E-state index contributed by atoms with van der Waals surface area (Å²) in [5, 5.41) is 2.91. The van der Waals surface area contributed by atoms with Crippen LogP contribution in [0.5, 0.6) is 11.5 Å². The SMILES string of the molecule is CC(C)CC(=O)Nc1ccc(/C=C/c2ccc3c(c2)OCO3)cc1. The van der Waals surface area contributed by atoms with Crippen LogP contribution >= 0.6 is 0 Å². The van der Waals surface area contributed by atoms with Gasteiger partial charge < -0.3 is 14.8 Å². The lowest BCUT2D eigenvalue weighted by molar-refractivity contribution is -0.116. The molecule has 0 aromatic heterocycles. The maximum atomic E-state index is 11.8. The van der Waals surface area contributed by atoms with E-state index in [-0.39, 0.29) is 12.7 Å². The fourth-order valence-electron chi connectivity index (χ4n) is 2.47. The maximum absolute atomic E-state index is 11.8. The third-order valence-electron chi connectivity index (χ3n) is 3.65. The van der Waals surface area contributed by atoms with Crippen LogP contribution in [0.25, 0.3) is 12.2 Å². The molecule has 0 bridgehead atoms. The quantitative estimate of drug-likeness (QED) is 0.820. The Morgan fingerprint density at radius 3 is 2.46 bits per heavy atom. The minimum atomic E-state index is 0.0497. The largest absolute Gasteiger partial charge is 0.454 e. The Bertz CT molecular complexity index is 748. The second kappa shape index (κ2) is 7.21. The lowest BCUT2D eigenvalue weighted by Crippen LogP contribution is -2.13. The van der Waals surface area contributed by atoms with Crippen molar-refractivity contribution in [2.75, 3.05) is 12.1 Å². The predicted molar refractivity (Wildman–Crippen MR) is 96.0 cm³/mol. The minimum absolute atomic E-state index is 0.0497. The van der Waals surface area contributed by atoms with Gasteiger partial charge in [0.05, 0.1) is 0 Å². The van der Waals surface area contributed by atoms with E-state index in [1.807, 2.05) is 68.5 Å². The van der Waals surface area contributed by atoms with Crippen molar-refractivity contribution in [1.29, 1.82) is 0 Å². The Hall–Kier alpha value is -2.75.